The normalized spacial score (nSPS) is 14.2. The van der Waals surface area contributed by atoms with E-state index in [1.54, 1.807) is 18.5 Å². The van der Waals surface area contributed by atoms with E-state index in [1.807, 2.05) is 29.3 Å². The molecule has 4 heterocycles. The number of carbonyl (C=O) groups is 1. The highest BCUT2D eigenvalue weighted by molar-refractivity contribution is 5.92. The zero-order valence-electron chi connectivity index (χ0n) is 18.2. The minimum atomic E-state index is -0.0567. The van der Waals surface area contributed by atoms with Crippen molar-refractivity contribution in [3.63, 3.8) is 0 Å². The van der Waals surface area contributed by atoms with E-state index in [0.29, 0.717) is 18.8 Å². The topological polar surface area (TPSA) is 65.4 Å². The maximum Gasteiger partial charge on any atom is 0.272 e. The van der Waals surface area contributed by atoms with Gasteiger partial charge in [-0.15, -0.1) is 0 Å². The lowest BCUT2D eigenvalue weighted by molar-refractivity contribution is 0.0718. The fraction of sp³-hybridized carbons (Fsp3) is 0.308. The van der Waals surface area contributed by atoms with Crippen LogP contribution in [0.5, 0.6) is 0 Å². The monoisotopic (exact) mass is 428 g/mol. The second kappa shape index (κ2) is 9.40. The fourth-order valence-electron chi connectivity index (χ4n) is 4.43. The van der Waals surface area contributed by atoms with Crippen LogP contribution in [-0.2, 0) is 6.54 Å². The molecule has 1 N–H and O–H groups in total. The van der Waals surface area contributed by atoms with Crippen molar-refractivity contribution in [1.82, 2.24) is 19.8 Å². The molecule has 0 saturated carbocycles. The average Bonchev–Trinajstić information content (AvgIpc) is 3.60. The summed E-state index contributed by atoms with van der Waals surface area (Å²) in [5.41, 5.74) is 3.70. The van der Waals surface area contributed by atoms with Crippen LogP contribution in [0.1, 0.15) is 35.5 Å². The van der Waals surface area contributed by atoms with Crippen LogP contribution in [0.25, 0.3) is 22.0 Å². The summed E-state index contributed by atoms with van der Waals surface area (Å²) >= 11 is 0. The van der Waals surface area contributed by atoms with Gasteiger partial charge in [0.1, 0.15) is 11.5 Å². The lowest BCUT2D eigenvalue weighted by Crippen LogP contribution is -2.34. The SMILES string of the molecule is O=C(c1ccccn1)N(CCCN1CCCC1)Cc1cc(-c2ccc3[nH]ccc3c2)co1. The Balaban J connectivity index is 1.31. The quantitative estimate of drug-likeness (QED) is 0.431. The van der Waals surface area contributed by atoms with Crippen molar-refractivity contribution in [3.05, 3.63) is 78.6 Å². The van der Waals surface area contributed by atoms with E-state index < -0.39 is 0 Å². The second-order valence-electron chi connectivity index (χ2n) is 8.43. The summed E-state index contributed by atoms with van der Waals surface area (Å²) < 4.78 is 5.88. The van der Waals surface area contributed by atoms with Crippen molar-refractivity contribution < 1.29 is 9.21 Å². The molecule has 0 aliphatic carbocycles. The van der Waals surface area contributed by atoms with Crippen molar-refractivity contribution in [2.24, 2.45) is 0 Å². The molecular formula is C26H28N4O2. The molecule has 1 amide bonds. The van der Waals surface area contributed by atoms with E-state index in [-0.39, 0.29) is 5.91 Å². The number of benzene rings is 1. The standard InChI is InChI=1S/C26H28N4O2/c31-26(25-6-1-2-10-27-25)30(15-5-14-29-12-3-4-13-29)18-23-17-22(19-32-23)20-7-8-24-21(16-20)9-11-28-24/h1-2,6-11,16-17,19,28H,3-5,12-15,18H2. The molecule has 5 rings (SSSR count). The van der Waals surface area contributed by atoms with Crippen LogP contribution >= 0.6 is 0 Å². The van der Waals surface area contributed by atoms with Crippen LogP contribution in [0.3, 0.4) is 0 Å². The first-order valence-corrected chi connectivity index (χ1v) is 11.3. The van der Waals surface area contributed by atoms with E-state index in [4.69, 9.17) is 4.42 Å². The molecule has 0 spiro atoms. The summed E-state index contributed by atoms with van der Waals surface area (Å²) in [7, 11) is 0. The minimum Gasteiger partial charge on any atom is -0.467 e. The molecule has 3 aromatic heterocycles. The zero-order valence-corrected chi connectivity index (χ0v) is 18.2. The predicted octanol–water partition coefficient (Wildman–Crippen LogP) is 4.95. The smallest absolute Gasteiger partial charge is 0.272 e. The van der Waals surface area contributed by atoms with Crippen molar-refractivity contribution in [3.8, 4) is 11.1 Å². The van der Waals surface area contributed by atoms with Gasteiger partial charge >= 0.3 is 0 Å². The van der Waals surface area contributed by atoms with Crippen LogP contribution in [0.4, 0.5) is 0 Å². The maximum atomic E-state index is 13.2. The second-order valence-corrected chi connectivity index (χ2v) is 8.43. The molecule has 1 aromatic carbocycles. The number of nitrogens with zero attached hydrogens (tertiary/aromatic N) is 3. The maximum absolute atomic E-state index is 13.2. The highest BCUT2D eigenvalue weighted by Gasteiger charge is 2.20. The van der Waals surface area contributed by atoms with Crippen molar-refractivity contribution >= 4 is 16.8 Å². The van der Waals surface area contributed by atoms with E-state index in [0.717, 1.165) is 35.4 Å². The first kappa shape index (κ1) is 20.5. The number of likely N-dealkylation sites (tertiary alicyclic amines) is 1. The number of hydrogen-bond acceptors (Lipinski definition) is 4. The number of aromatic nitrogens is 2. The highest BCUT2D eigenvalue weighted by atomic mass is 16.3. The zero-order chi connectivity index (χ0) is 21.8. The Kier molecular flexibility index (Phi) is 6.03. The van der Waals surface area contributed by atoms with Crippen molar-refractivity contribution in [2.45, 2.75) is 25.8 Å². The number of aromatic amines is 1. The van der Waals surface area contributed by atoms with Gasteiger partial charge < -0.3 is 19.2 Å². The molecule has 1 aliphatic rings. The molecular weight excluding hydrogens is 400 g/mol. The van der Waals surface area contributed by atoms with Gasteiger partial charge in [-0.2, -0.15) is 0 Å². The van der Waals surface area contributed by atoms with Gasteiger partial charge in [0, 0.05) is 30.0 Å². The van der Waals surface area contributed by atoms with E-state index >= 15 is 0 Å². The average molecular weight is 429 g/mol. The number of amides is 1. The summed E-state index contributed by atoms with van der Waals surface area (Å²) in [5, 5.41) is 1.17. The lowest BCUT2D eigenvalue weighted by atomic mass is 10.1. The number of H-pyrrole nitrogens is 1. The molecule has 0 radical (unpaired) electrons. The number of rotatable bonds is 8. The van der Waals surface area contributed by atoms with Gasteiger partial charge in [0.05, 0.1) is 12.8 Å². The highest BCUT2D eigenvalue weighted by Crippen LogP contribution is 2.26. The van der Waals surface area contributed by atoms with Crippen LogP contribution in [0, 0.1) is 0 Å². The van der Waals surface area contributed by atoms with Gasteiger partial charge in [-0.25, -0.2) is 0 Å². The third-order valence-electron chi connectivity index (χ3n) is 6.16. The number of fused-ring (bicyclic) bond motifs is 1. The Hall–Kier alpha value is -3.38. The van der Waals surface area contributed by atoms with Crippen LogP contribution in [-0.4, -0.2) is 51.9 Å². The van der Waals surface area contributed by atoms with Crippen LogP contribution in [0.15, 0.2) is 71.6 Å². The van der Waals surface area contributed by atoms with Gasteiger partial charge in [-0.05, 0) is 86.2 Å². The largest absolute Gasteiger partial charge is 0.467 e. The molecule has 0 unspecified atom stereocenters. The van der Waals surface area contributed by atoms with Gasteiger partial charge in [-0.3, -0.25) is 9.78 Å². The minimum absolute atomic E-state index is 0.0567. The van der Waals surface area contributed by atoms with Crippen LogP contribution < -0.4 is 0 Å². The molecule has 32 heavy (non-hydrogen) atoms. The Labute approximate surface area is 187 Å². The third kappa shape index (κ3) is 4.60. The van der Waals surface area contributed by atoms with E-state index in [2.05, 4.69) is 39.1 Å². The Morgan fingerprint density at radius 1 is 1.09 bits per heavy atom. The van der Waals surface area contributed by atoms with Crippen molar-refractivity contribution in [1.29, 1.82) is 0 Å². The van der Waals surface area contributed by atoms with Gasteiger partial charge in [0.25, 0.3) is 5.91 Å². The first-order chi connectivity index (χ1) is 15.8. The number of nitrogens with one attached hydrogen (secondary N) is 1. The van der Waals surface area contributed by atoms with Gasteiger partial charge in [0.2, 0.25) is 0 Å². The Bertz CT molecular complexity index is 1170. The fourth-order valence-corrected chi connectivity index (χ4v) is 4.43. The first-order valence-electron chi connectivity index (χ1n) is 11.3. The van der Waals surface area contributed by atoms with E-state index in [1.165, 1.54) is 31.3 Å². The van der Waals surface area contributed by atoms with Gasteiger partial charge in [0.15, 0.2) is 0 Å². The number of pyridine rings is 1. The number of carbonyl (C=O) groups excluding carboxylic acids is 1. The molecule has 1 fully saturated rings. The molecule has 0 atom stereocenters. The Morgan fingerprint density at radius 3 is 2.84 bits per heavy atom. The van der Waals surface area contributed by atoms with Crippen LogP contribution in [0.2, 0.25) is 0 Å². The third-order valence-corrected chi connectivity index (χ3v) is 6.16. The Morgan fingerprint density at radius 2 is 2.00 bits per heavy atom. The van der Waals surface area contributed by atoms with E-state index in [9.17, 15) is 4.79 Å². The lowest BCUT2D eigenvalue weighted by Gasteiger charge is -2.23. The molecule has 6 heteroatoms. The molecule has 1 saturated heterocycles. The molecule has 0 bridgehead atoms. The summed E-state index contributed by atoms with van der Waals surface area (Å²) in [4.78, 5) is 25.0. The van der Waals surface area contributed by atoms with Crippen molar-refractivity contribution in [2.75, 3.05) is 26.2 Å². The number of hydrogen-bond donors (Lipinski definition) is 1. The van der Waals surface area contributed by atoms with Gasteiger partial charge in [-0.1, -0.05) is 12.1 Å². The molecule has 1 aliphatic heterocycles. The molecule has 4 aromatic rings. The predicted molar refractivity (Wildman–Crippen MR) is 125 cm³/mol. The summed E-state index contributed by atoms with van der Waals surface area (Å²) in [6, 6.07) is 15.9. The summed E-state index contributed by atoms with van der Waals surface area (Å²) in [6.45, 7) is 4.47. The summed E-state index contributed by atoms with van der Waals surface area (Å²) in [6.07, 6.45) is 8.88. The molecule has 6 nitrogen and oxygen atoms in total. The number of furan rings is 1. The summed E-state index contributed by atoms with van der Waals surface area (Å²) in [5.74, 6) is 0.721. The molecule has 164 valence electrons.